The second-order valence-corrected chi connectivity index (χ2v) is 11.2. The molecular weight excluding hydrogens is 554 g/mol. The van der Waals surface area contributed by atoms with E-state index in [9.17, 15) is 4.79 Å². The Morgan fingerprint density at radius 1 is 0.909 bits per heavy atom. The fourth-order valence-corrected chi connectivity index (χ4v) is 5.78. The summed E-state index contributed by atoms with van der Waals surface area (Å²) in [4.78, 5) is 26.3. The maximum Gasteiger partial charge on any atom is 0.257 e. The normalized spacial score (nSPS) is 16.8. The molecule has 2 aromatic heterocycles. The molecule has 1 atom stereocenters. The lowest BCUT2D eigenvalue weighted by atomic mass is 9.98. The minimum Gasteiger partial charge on any atom is -0.457 e. The van der Waals surface area contributed by atoms with Gasteiger partial charge in [0, 0.05) is 61.4 Å². The van der Waals surface area contributed by atoms with Crippen LogP contribution in [0.2, 0.25) is 0 Å². The van der Waals surface area contributed by atoms with Crippen molar-refractivity contribution >= 4 is 11.7 Å². The molecule has 0 bridgehead atoms. The van der Waals surface area contributed by atoms with Crippen LogP contribution in [0.15, 0.2) is 95.6 Å². The summed E-state index contributed by atoms with van der Waals surface area (Å²) < 4.78 is 17.3. The molecule has 0 saturated carbocycles. The Bertz CT molecular complexity index is 1730. The molecule has 9 nitrogen and oxygen atoms in total. The van der Waals surface area contributed by atoms with Gasteiger partial charge in [-0.25, -0.2) is 4.98 Å². The number of amides is 1. The van der Waals surface area contributed by atoms with Gasteiger partial charge in [0.2, 0.25) is 5.91 Å². The number of hydrogen-bond acceptors (Lipinski definition) is 8. The summed E-state index contributed by atoms with van der Waals surface area (Å²) in [6, 6.07) is 28.1. The lowest BCUT2D eigenvalue weighted by molar-refractivity contribution is -0.128. The van der Waals surface area contributed by atoms with Gasteiger partial charge in [0.1, 0.15) is 17.3 Å². The van der Waals surface area contributed by atoms with E-state index < -0.39 is 0 Å². The smallest absolute Gasteiger partial charge is 0.257 e. The zero-order chi connectivity index (χ0) is 29.9. The van der Waals surface area contributed by atoms with Crippen molar-refractivity contribution in [3.8, 4) is 34.1 Å². The average Bonchev–Trinajstić information content (AvgIpc) is 3.68. The van der Waals surface area contributed by atoms with E-state index in [0.717, 1.165) is 41.2 Å². The van der Waals surface area contributed by atoms with Crippen LogP contribution in [0.4, 0.5) is 5.82 Å². The number of carbonyl (C=O) groups is 1. The number of carbonyl (C=O) groups excluding carboxylic acids is 1. The Morgan fingerprint density at radius 2 is 1.68 bits per heavy atom. The Labute approximate surface area is 256 Å². The molecule has 5 aromatic rings. The van der Waals surface area contributed by atoms with Gasteiger partial charge < -0.3 is 23.8 Å². The van der Waals surface area contributed by atoms with Crippen LogP contribution in [0.1, 0.15) is 29.3 Å². The summed E-state index contributed by atoms with van der Waals surface area (Å²) in [5.74, 6) is 3.68. The van der Waals surface area contributed by atoms with Crippen LogP contribution < -0.4 is 9.64 Å². The van der Waals surface area contributed by atoms with E-state index in [1.807, 2.05) is 59.6 Å². The number of likely N-dealkylation sites (tertiary alicyclic amines) is 1. The molecule has 0 radical (unpaired) electrons. The van der Waals surface area contributed by atoms with Gasteiger partial charge >= 0.3 is 0 Å². The molecule has 44 heavy (non-hydrogen) atoms. The first kappa shape index (κ1) is 27.8. The molecule has 0 spiro atoms. The molecular formula is C35H33N5O4. The molecule has 2 fully saturated rings. The molecule has 222 valence electrons. The summed E-state index contributed by atoms with van der Waals surface area (Å²) in [6.45, 7) is 6.03. The molecule has 1 amide bonds. The van der Waals surface area contributed by atoms with Crippen molar-refractivity contribution in [2.24, 2.45) is 0 Å². The highest BCUT2D eigenvalue weighted by molar-refractivity contribution is 5.80. The number of rotatable bonds is 8. The van der Waals surface area contributed by atoms with Gasteiger partial charge in [0.15, 0.2) is 5.82 Å². The zero-order valence-electron chi connectivity index (χ0n) is 24.6. The van der Waals surface area contributed by atoms with Gasteiger partial charge in [-0.2, -0.15) is 4.98 Å². The van der Waals surface area contributed by atoms with E-state index in [2.05, 4.69) is 51.4 Å². The van der Waals surface area contributed by atoms with Gasteiger partial charge in [-0.15, -0.1) is 0 Å². The monoisotopic (exact) mass is 587 g/mol. The first-order chi connectivity index (χ1) is 21.6. The number of aryl methyl sites for hydroxylation is 1. The highest BCUT2D eigenvalue weighted by atomic mass is 16.5. The van der Waals surface area contributed by atoms with Crippen molar-refractivity contribution < 1.29 is 18.8 Å². The molecule has 2 aliphatic heterocycles. The first-order valence-corrected chi connectivity index (χ1v) is 14.9. The van der Waals surface area contributed by atoms with E-state index >= 15 is 0 Å². The molecule has 0 N–H and O–H groups in total. The quantitative estimate of drug-likeness (QED) is 0.210. The molecule has 9 heteroatoms. The molecule has 2 saturated heterocycles. The van der Waals surface area contributed by atoms with Crippen LogP contribution in [0.3, 0.4) is 0 Å². The lowest BCUT2D eigenvalue weighted by Crippen LogP contribution is -2.36. The van der Waals surface area contributed by atoms with Crippen molar-refractivity contribution in [1.82, 2.24) is 20.0 Å². The minimum atomic E-state index is 0.149. The SMILES string of the molecule is Cc1noc(-c2ccc(Oc3cc(-c4ccc(N5CCOCC5)nc4)ccc3CN3C[C@H](c4ccccc4)CC3=O)cc2)n1. The fourth-order valence-electron chi connectivity index (χ4n) is 5.78. The van der Waals surface area contributed by atoms with Crippen LogP contribution >= 0.6 is 0 Å². The Kier molecular flexibility index (Phi) is 7.77. The van der Waals surface area contributed by atoms with Gasteiger partial charge in [0.05, 0.1) is 13.2 Å². The number of hydrogen-bond donors (Lipinski definition) is 0. The molecule has 2 aliphatic rings. The number of morpholine rings is 1. The Hall–Kier alpha value is -5.02. The van der Waals surface area contributed by atoms with Crippen molar-refractivity contribution in [1.29, 1.82) is 0 Å². The Morgan fingerprint density at radius 3 is 2.41 bits per heavy atom. The topological polar surface area (TPSA) is 93.8 Å². The van der Waals surface area contributed by atoms with Crippen LogP contribution in [0.25, 0.3) is 22.6 Å². The van der Waals surface area contributed by atoms with Crippen molar-refractivity contribution in [2.75, 3.05) is 37.7 Å². The molecule has 4 heterocycles. The van der Waals surface area contributed by atoms with Gasteiger partial charge in [-0.3, -0.25) is 4.79 Å². The van der Waals surface area contributed by atoms with Gasteiger partial charge in [-0.1, -0.05) is 47.6 Å². The van der Waals surface area contributed by atoms with Crippen LogP contribution in [0.5, 0.6) is 11.5 Å². The predicted octanol–water partition coefficient (Wildman–Crippen LogP) is 6.25. The first-order valence-electron chi connectivity index (χ1n) is 14.9. The van der Waals surface area contributed by atoms with E-state index in [-0.39, 0.29) is 11.8 Å². The zero-order valence-corrected chi connectivity index (χ0v) is 24.6. The summed E-state index contributed by atoms with van der Waals surface area (Å²) in [6.07, 6.45) is 2.41. The molecule has 0 unspecified atom stereocenters. The number of benzene rings is 3. The third-order valence-electron chi connectivity index (χ3n) is 8.19. The Balaban J connectivity index is 1.16. The standard InChI is InChI=1S/C35H33N5O4/c1-24-37-35(44-38-24)26-9-12-31(13-10-26)43-32-19-27(28-11-14-33(36-21-28)39-15-17-42-18-16-39)7-8-29(32)22-40-23-30(20-34(40)41)25-5-3-2-4-6-25/h2-14,19,21,30H,15-18,20,22-23H2,1H3/t30-/m1/s1. The molecule has 7 rings (SSSR count). The summed E-state index contributed by atoms with van der Waals surface area (Å²) in [5.41, 5.74) is 4.91. The largest absolute Gasteiger partial charge is 0.457 e. The number of aromatic nitrogens is 3. The maximum atomic E-state index is 13.1. The predicted molar refractivity (Wildman–Crippen MR) is 166 cm³/mol. The highest BCUT2D eigenvalue weighted by Crippen LogP contribution is 2.35. The lowest BCUT2D eigenvalue weighted by Gasteiger charge is -2.27. The number of ether oxygens (including phenoxy) is 2. The second kappa shape index (κ2) is 12.3. The number of anilines is 1. The highest BCUT2D eigenvalue weighted by Gasteiger charge is 2.31. The van der Waals surface area contributed by atoms with Crippen LogP contribution in [0, 0.1) is 6.92 Å². The maximum absolute atomic E-state index is 13.1. The van der Waals surface area contributed by atoms with E-state index in [1.54, 1.807) is 6.92 Å². The van der Waals surface area contributed by atoms with E-state index in [1.165, 1.54) is 5.56 Å². The summed E-state index contributed by atoms with van der Waals surface area (Å²) >= 11 is 0. The molecule has 0 aliphatic carbocycles. The summed E-state index contributed by atoms with van der Waals surface area (Å²) in [7, 11) is 0. The van der Waals surface area contributed by atoms with Gasteiger partial charge in [-0.05, 0) is 60.5 Å². The van der Waals surface area contributed by atoms with Crippen LogP contribution in [-0.4, -0.2) is 58.8 Å². The van der Waals surface area contributed by atoms with E-state index in [4.69, 9.17) is 19.0 Å². The van der Waals surface area contributed by atoms with E-state index in [0.29, 0.717) is 55.9 Å². The minimum absolute atomic E-state index is 0.149. The van der Waals surface area contributed by atoms with Gasteiger partial charge in [0.25, 0.3) is 5.89 Å². The van der Waals surface area contributed by atoms with Crippen molar-refractivity contribution in [3.63, 3.8) is 0 Å². The van der Waals surface area contributed by atoms with Crippen LogP contribution in [-0.2, 0) is 16.1 Å². The number of pyridine rings is 1. The average molecular weight is 588 g/mol. The third-order valence-corrected chi connectivity index (χ3v) is 8.19. The summed E-state index contributed by atoms with van der Waals surface area (Å²) in [5, 5.41) is 3.88. The molecule has 3 aromatic carbocycles. The number of nitrogens with zero attached hydrogens (tertiary/aromatic N) is 5. The second-order valence-electron chi connectivity index (χ2n) is 11.2. The van der Waals surface area contributed by atoms with Crippen molar-refractivity contribution in [2.45, 2.75) is 25.8 Å². The third kappa shape index (κ3) is 6.05. The van der Waals surface area contributed by atoms with Crippen molar-refractivity contribution in [3.05, 3.63) is 108 Å². The fraction of sp³-hybridized carbons (Fsp3) is 0.257.